The van der Waals surface area contributed by atoms with Gasteiger partial charge in [0.1, 0.15) is 0 Å². The van der Waals surface area contributed by atoms with Gasteiger partial charge in [-0.2, -0.15) is 0 Å². The normalized spacial score (nSPS) is 17.2. The minimum Gasteiger partial charge on any atom is -0.360 e. The first-order chi connectivity index (χ1) is 9.18. The summed E-state index contributed by atoms with van der Waals surface area (Å²) in [4.78, 5) is 0. The van der Waals surface area contributed by atoms with Crippen LogP contribution in [-0.2, 0) is 12.1 Å². The molecular weight excluding hydrogens is 304 g/mol. The monoisotopic (exact) mass is 320 g/mol. The average molecular weight is 321 g/mol. The van der Waals surface area contributed by atoms with Crippen LogP contribution >= 0.6 is 15.9 Å². The Hall–Kier alpha value is -1.13. The van der Waals surface area contributed by atoms with Crippen LogP contribution in [0.25, 0.3) is 0 Å². The van der Waals surface area contributed by atoms with Gasteiger partial charge in [0.2, 0.25) is 0 Å². The van der Waals surface area contributed by atoms with Crippen LogP contribution in [0.3, 0.4) is 0 Å². The summed E-state index contributed by atoms with van der Waals surface area (Å²) in [5.41, 5.74) is 2.41. The SMILES string of the molecule is Cc1cc(CNC2(c3ccc(Br)cc3)CCC2)on1. The molecule has 1 aromatic heterocycles. The molecule has 1 N–H and O–H groups in total. The fraction of sp³-hybridized carbons (Fsp3) is 0.400. The van der Waals surface area contributed by atoms with Gasteiger partial charge in [-0.05, 0) is 43.9 Å². The molecule has 0 amide bonds. The van der Waals surface area contributed by atoms with Gasteiger partial charge in [0, 0.05) is 16.1 Å². The second-order valence-electron chi connectivity index (χ2n) is 5.23. The molecule has 1 aliphatic rings. The summed E-state index contributed by atoms with van der Waals surface area (Å²) in [7, 11) is 0. The predicted octanol–water partition coefficient (Wildman–Crippen LogP) is 3.91. The molecule has 0 unspecified atom stereocenters. The van der Waals surface area contributed by atoms with E-state index in [4.69, 9.17) is 4.52 Å². The number of halogens is 1. The summed E-state index contributed by atoms with van der Waals surface area (Å²) in [6.45, 7) is 2.68. The lowest BCUT2D eigenvalue weighted by Crippen LogP contribution is -2.47. The van der Waals surface area contributed by atoms with E-state index in [-0.39, 0.29) is 5.54 Å². The van der Waals surface area contributed by atoms with Crippen LogP contribution in [0.1, 0.15) is 36.3 Å². The Balaban J connectivity index is 1.74. The summed E-state index contributed by atoms with van der Waals surface area (Å²) in [5.74, 6) is 0.904. The van der Waals surface area contributed by atoms with Crippen molar-refractivity contribution in [1.29, 1.82) is 0 Å². The van der Waals surface area contributed by atoms with Gasteiger partial charge in [0.05, 0.1) is 12.2 Å². The molecule has 3 nitrogen and oxygen atoms in total. The van der Waals surface area contributed by atoms with E-state index in [2.05, 4.69) is 50.7 Å². The van der Waals surface area contributed by atoms with Gasteiger partial charge in [0.15, 0.2) is 5.76 Å². The fourth-order valence-electron chi connectivity index (χ4n) is 2.62. The third-order valence-corrected chi connectivity index (χ3v) is 4.41. The van der Waals surface area contributed by atoms with E-state index in [0.29, 0.717) is 0 Å². The first-order valence-electron chi connectivity index (χ1n) is 6.61. The Bertz CT molecular complexity index is 558. The lowest BCUT2D eigenvalue weighted by Gasteiger charge is -2.43. The maximum atomic E-state index is 5.26. The molecule has 0 saturated heterocycles. The maximum absolute atomic E-state index is 5.26. The van der Waals surface area contributed by atoms with Crippen LogP contribution < -0.4 is 5.32 Å². The van der Waals surface area contributed by atoms with E-state index in [1.54, 1.807) is 0 Å². The molecule has 19 heavy (non-hydrogen) atoms. The predicted molar refractivity (Wildman–Crippen MR) is 77.8 cm³/mol. The highest BCUT2D eigenvalue weighted by Gasteiger charge is 2.38. The van der Waals surface area contributed by atoms with Crippen molar-refractivity contribution in [2.24, 2.45) is 0 Å². The topological polar surface area (TPSA) is 38.1 Å². The van der Waals surface area contributed by atoms with Crippen LogP contribution in [0.4, 0.5) is 0 Å². The van der Waals surface area contributed by atoms with Crippen LogP contribution in [-0.4, -0.2) is 5.16 Å². The maximum Gasteiger partial charge on any atom is 0.150 e. The number of rotatable bonds is 4. The minimum atomic E-state index is 0.112. The van der Waals surface area contributed by atoms with Gasteiger partial charge in [-0.1, -0.05) is 33.2 Å². The van der Waals surface area contributed by atoms with Gasteiger partial charge in [-0.25, -0.2) is 0 Å². The van der Waals surface area contributed by atoms with Crippen molar-refractivity contribution >= 4 is 15.9 Å². The molecule has 0 aliphatic heterocycles. The molecule has 0 radical (unpaired) electrons. The van der Waals surface area contributed by atoms with Gasteiger partial charge in [0.25, 0.3) is 0 Å². The molecule has 1 aliphatic carbocycles. The van der Waals surface area contributed by atoms with Gasteiger partial charge < -0.3 is 9.84 Å². The van der Waals surface area contributed by atoms with Gasteiger partial charge in [-0.3, -0.25) is 0 Å². The Morgan fingerprint density at radius 3 is 2.58 bits per heavy atom. The summed E-state index contributed by atoms with van der Waals surface area (Å²) in [5, 5.41) is 7.57. The zero-order valence-corrected chi connectivity index (χ0v) is 12.5. The Labute approximate surface area is 121 Å². The van der Waals surface area contributed by atoms with Gasteiger partial charge in [-0.15, -0.1) is 0 Å². The molecule has 4 heteroatoms. The second kappa shape index (κ2) is 5.10. The zero-order chi connectivity index (χ0) is 13.3. The van der Waals surface area contributed by atoms with E-state index in [9.17, 15) is 0 Å². The summed E-state index contributed by atoms with van der Waals surface area (Å²) >= 11 is 3.49. The molecular formula is C15H17BrN2O. The highest BCUT2D eigenvalue weighted by molar-refractivity contribution is 9.10. The number of nitrogens with one attached hydrogen (secondary N) is 1. The molecule has 1 aromatic carbocycles. The van der Waals surface area contributed by atoms with E-state index < -0.39 is 0 Å². The lowest BCUT2D eigenvalue weighted by molar-refractivity contribution is 0.176. The van der Waals surface area contributed by atoms with Gasteiger partial charge >= 0.3 is 0 Å². The largest absolute Gasteiger partial charge is 0.360 e. The molecule has 0 spiro atoms. The number of hydrogen-bond acceptors (Lipinski definition) is 3. The highest BCUT2D eigenvalue weighted by Crippen LogP contribution is 2.41. The molecule has 0 bridgehead atoms. The summed E-state index contributed by atoms with van der Waals surface area (Å²) in [6, 6.07) is 10.6. The first-order valence-corrected chi connectivity index (χ1v) is 7.41. The number of aryl methyl sites for hydroxylation is 1. The van der Waals surface area contributed by atoms with Crippen LogP contribution in [0.5, 0.6) is 0 Å². The summed E-state index contributed by atoms with van der Waals surface area (Å²) in [6.07, 6.45) is 3.64. The molecule has 1 fully saturated rings. The standard InChI is InChI=1S/C15H17BrN2O/c1-11-9-14(19-18-11)10-17-15(7-2-8-15)12-3-5-13(16)6-4-12/h3-6,9,17H,2,7-8,10H2,1H3. The Morgan fingerprint density at radius 1 is 1.32 bits per heavy atom. The second-order valence-corrected chi connectivity index (χ2v) is 6.15. The van der Waals surface area contributed by atoms with E-state index in [1.165, 1.54) is 24.8 Å². The first kappa shape index (κ1) is 12.9. The lowest BCUT2D eigenvalue weighted by atomic mass is 9.72. The average Bonchev–Trinajstić information content (AvgIpc) is 2.76. The van der Waals surface area contributed by atoms with Crippen molar-refractivity contribution < 1.29 is 4.52 Å². The zero-order valence-electron chi connectivity index (χ0n) is 10.9. The van der Waals surface area contributed by atoms with Crippen LogP contribution in [0.15, 0.2) is 39.3 Å². The van der Waals surface area contributed by atoms with E-state index in [1.807, 2.05) is 13.0 Å². The molecule has 1 heterocycles. The molecule has 3 rings (SSSR count). The van der Waals surface area contributed by atoms with Crippen LogP contribution in [0, 0.1) is 6.92 Å². The Kier molecular flexibility index (Phi) is 3.46. The number of benzene rings is 1. The van der Waals surface area contributed by atoms with Crippen molar-refractivity contribution in [3.8, 4) is 0 Å². The molecule has 2 aromatic rings. The number of hydrogen-bond donors (Lipinski definition) is 1. The molecule has 1 saturated carbocycles. The quantitative estimate of drug-likeness (QED) is 0.928. The van der Waals surface area contributed by atoms with Crippen molar-refractivity contribution in [3.63, 3.8) is 0 Å². The number of nitrogens with zero attached hydrogens (tertiary/aromatic N) is 1. The Morgan fingerprint density at radius 2 is 2.05 bits per heavy atom. The van der Waals surface area contributed by atoms with Crippen molar-refractivity contribution in [1.82, 2.24) is 10.5 Å². The van der Waals surface area contributed by atoms with Crippen molar-refractivity contribution in [2.75, 3.05) is 0 Å². The minimum absolute atomic E-state index is 0.112. The fourth-order valence-corrected chi connectivity index (χ4v) is 2.89. The van der Waals surface area contributed by atoms with Crippen molar-refractivity contribution in [3.05, 3.63) is 51.8 Å². The van der Waals surface area contributed by atoms with E-state index in [0.717, 1.165) is 22.5 Å². The third kappa shape index (κ3) is 2.60. The van der Waals surface area contributed by atoms with Crippen LogP contribution in [0.2, 0.25) is 0 Å². The smallest absolute Gasteiger partial charge is 0.150 e. The highest BCUT2D eigenvalue weighted by atomic mass is 79.9. The third-order valence-electron chi connectivity index (χ3n) is 3.88. The number of aromatic nitrogens is 1. The van der Waals surface area contributed by atoms with E-state index >= 15 is 0 Å². The molecule has 0 atom stereocenters. The van der Waals surface area contributed by atoms with Crippen molar-refractivity contribution in [2.45, 2.75) is 38.3 Å². The molecule has 100 valence electrons. The summed E-state index contributed by atoms with van der Waals surface area (Å²) < 4.78 is 6.39.